The molecule has 2 aromatic rings. The van der Waals surface area contributed by atoms with Crippen LogP contribution in [-0.2, 0) is 7.05 Å². The van der Waals surface area contributed by atoms with Crippen LogP contribution in [0.5, 0.6) is 0 Å². The van der Waals surface area contributed by atoms with Crippen molar-refractivity contribution in [3.8, 4) is 0 Å². The highest BCUT2D eigenvalue weighted by molar-refractivity contribution is 6.05. The summed E-state index contributed by atoms with van der Waals surface area (Å²) in [5, 5.41) is 15.4. The number of aromatic carboxylic acids is 1. The Bertz CT molecular complexity index is 765. The minimum absolute atomic E-state index is 0.0923. The van der Waals surface area contributed by atoms with Gasteiger partial charge in [0.1, 0.15) is 5.82 Å². The highest BCUT2D eigenvalue weighted by Crippen LogP contribution is 2.41. The number of carboxylic acid groups (broad SMARTS) is 1. The smallest absolute Gasteiger partial charge is 0.335 e. The number of nitrogens with one attached hydrogen (secondary N) is 1. The third-order valence-corrected chi connectivity index (χ3v) is 3.65. The van der Waals surface area contributed by atoms with Crippen molar-refractivity contribution in [1.82, 2.24) is 9.78 Å². The predicted octanol–water partition coefficient (Wildman–Crippen LogP) is 2.39. The second kappa shape index (κ2) is 5.25. The molecule has 3 rings (SSSR count). The minimum Gasteiger partial charge on any atom is -0.478 e. The Hall–Kier alpha value is -2.70. The molecule has 22 heavy (non-hydrogen) atoms. The van der Waals surface area contributed by atoms with Crippen molar-refractivity contribution in [3.05, 3.63) is 47.0 Å². The van der Waals surface area contributed by atoms with E-state index in [4.69, 9.17) is 5.11 Å². The summed E-state index contributed by atoms with van der Waals surface area (Å²) in [6.45, 7) is 0. The Morgan fingerprint density at radius 3 is 2.77 bits per heavy atom. The Kier molecular flexibility index (Phi) is 3.40. The number of hydrogen-bond acceptors (Lipinski definition) is 3. The molecule has 1 aromatic carbocycles. The van der Waals surface area contributed by atoms with Crippen LogP contribution in [-0.4, -0.2) is 26.8 Å². The zero-order valence-electron chi connectivity index (χ0n) is 11.8. The van der Waals surface area contributed by atoms with E-state index in [1.807, 2.05) is 0 Å². The van der Waals surface area contributed by atoms with Gasteiger partial charge in [-0.1, -0.05) is 0 Å². The molecule has 7 heteroatoms. The Labute approximate surface area is 125 Å². The molecular weight excluding hydrogens is 289 g/mol. The van der Waals surface area contributed by atoms with Crippen molar-refractivity contribution >= 4 is 17.6 Å². The zero-order valence-corrected chi connectivity index (χ0v) is 11.8. The normalized spacial score (nSPS) is 13.9. The molecule has 0 saturated heterocycles. The monoisotopic (exact) mass is 303 g/mol. The number of nitrogens with zero attached hydrogens (tertiary/aromatic N) is 2. The first-order valence-corrected chi connectivity index (χ1v) is 6.83. The number of hydrogen-bond donors (Lipinski definition) is 2. The van der Waals surface area contributed by atoms with Gasteiger partial charge in [0.2, 0.25) is 0 Å². The quantitative estimate of drug-likeness (QED) is 0.908. The lowest BCUT2D eigenvalue weighted by Gasteiger charge is -2.08. The van der Waals surface area contributed by atoms with Gasteiger partial charge in [0.05, 0.1) is 28.7 Å². The molecule has 1 aliphatic rings. The Balaban J connectivity index is 1.89. The molecule has 2 N–H and O–H groups in total. The number of aromatic nitrogens is 2. The fourth-order valence-electron chi connectivity index (χ4n) is 2.41. The number of rotatable bonds is 4. The van der Waals surface area contributed by atoms with Crippen molar-refractivity contribution in [2.24, 2.45) is 7.05 Å². The van der Waals surface area contributed by atoms with Gasteiger partial charge in [0.15, 0.2) is 0 Å². The SMILES string of the molecule is Cn1ncc(C(=O)Nc2cc(C(=O)O)ccc2F)c1C1CC1. The average molecular weight is 303 g/mol. The number of halogens is 1. The van der Waals surface area contributed by atoms with Crippen molar-refractivity contribution in [2.45, 2.75) is 18.8 Å². The first-order valence-electron chi connectivity index (χ1n) is 6.83. The van der Waals surface area contributed by atoms with E-state index in [0.29, 0.717) is 11.5 Å². The van der Waals surface area contributed by atoms with Crippen LogP contribution in [0.25, 0.3) is 0 Å². The molecule has 0 bridgehead atoms. The third kappa shape index (κ3) is 2.57. The van der Waals surface area contributed by atoms with Gasteiger partial charge < -0.3 is 10.4 Å². The summed E-state index contributed by atoms with van der Waals surface area (Å²) in [6.07, 6.45) is 3.45. The summed E-state index contributed by atoms with van der Waals surface area (Å²) in [4.78, 5) is 23.3. The summed E-state index contributed by atoms with van der Waals surface area (Å²) >= 11 is 0. The maximum Gasteiger partial charge on any atom is 0.335 e. The van der Waals surface area contributed by atoms with Gasteiger partial charge in [-0.2, -0.15) is 5.10 Å². The number of amides is 1. The summed E-state index contributed by atoms with van der Waals surface area (Å²) in [5.74, 6) is -2.05. The Morgan fingerprint density at radius 1 is 1.41 bits per heavy atom. The highest BCUT2D eigenvalue weighted by Gasteiger charge is 2.31. The molecule has 0 radical (unpaired) electrons. The van der Waals surface area contributed by atoms with Crippen molar-refractivity contribution in [2.75, 3.05) is 5.32 Å². The number of carbonyl (C=O) groups is 2. The molecule has 1 amide bonds. The van der Waals surface area contributed by atoms with E-state index in [2.05, 4.69) is 10.4 Å². The first-order chi connectivity index (χ1) is 10.5. The van der Waals surface area contributed by atoms with Gasteiger partial charge in [0.25, 0.3) is 5.91 Å². The molecule has 0 aliphatic heterocycles. The Morgan fingerprint density at radius 2 is 2.14 bits per heavy atom. The molecule has 0 spiro atoms. The summed E-state index contributed by atoms with van der Waals surface area (Å²) in [7, 11) is 1.76. The van der Waals surface area contributed by atoms with E-state index in [1.165, 1.54) is 6.20 Å². The van der Waals surface area contributed by atoms with E-state index in [9.17, 15) is 14.0 Å². The first kappa shape index (κ1) is 14.2. The number of aryl methyl sites for hydroxylation is 1. The van der Waals surface area contributed by atoms with E-state index >= 15 is 0 Å². The topological polar surface area (TPSA) is 84.2 Å². The molecule has 1 fully saturated rings. The fourth-order valence-corrected chi connectivity index (χ4v) is 2.41. The predicted molar refractivity (Wildman–Crippen MR) is 76.5 cm³/mol. The van der Waals surface area contributed by atoms with Gasteiger partial charge in [-0.05, 0) is 31.0 Å². The summed E-state index contributed by atoms with van der Waals surface area (Å²) < 4.78 is 15.4. The van der Waals surface area contributed by atoms with Crippen LogP contribution in [0.15, 0.2) is 24.4 Å². The second-order valence-corrected chi connectivity index (χ2v) is 5.30. The van der Waals surface area contributed by atoms with E-state index in [1.54, 1.807) is 11.7 Å². The maximum atomic E-state index is 13.8. The minimum atomic E-state index is -1.18. The molecular formula is C15H14FN3O3. The molecule has 1 aliphatic carbocycles. The highest BCUT2D eigenvalue weighted by atomic mass is 19.1. The van der Waals surface area contributed by atoms with Gasteiger partial charge in [-0.3, -0.25) is 9.48 Å². The van der Waals surface area contributed by atoms with Crippen LogP contribution in [0, 0.1) is 5.82 Å². The van der Waals surface area contributed by atoms with Crippen LogP contribution in [0.3, 0.4) is 0 Å². The summed E-state index contributed by atoms with van der Waals surface area (Å²) in [6, 6.07) is 3.26. The lowest BCUT2D eigenvalue weighted by atomic mass is 10.1. The fraction of sp³-hybridized carbons (Fsp3) is 0.267. The lowest BCUT2D eigenvalue weighted by molar-refractivity contribution is 0.0696. The molecule has 1 heterocycles. The van der Waals surface area contributed by atoms with Crippen LogP contribution in [0.2, 0.25) is 0 Å². The molecule has 1 aromatic heterocycles. The lowest BCUT2D eigenvalue weighted by Crippen LogP contribution is -2.15. The standard InChI is InChI=1S/C15H14FN3O3/c1-19-13(8-2-3-8)10(7-17-19)14(20)18-12-6-9(15(21)22)4-5-11(12)16/h4-8H,2-3H2,1H3,(H,18,20)(H,21,22). The number of carboxylic acids is 1. The molecule has 6 nitrogen and oxygen atoms in total. The van der Waals surface area contributed by atoms with Crippen LogP contribution >= 0.6 is 0 Å². The molecule has 1 saturated carbocycles. The largest absolute Gasteiger partial charge is 0.478 e. The third-order valence-electron chi connectivity index (χ3n) is 3.65. The van der Waals surface area contributed by atoms with Crippen LogP contribution < -0.4 is 5.32 Å². The van der Waals surface area contributed by atoms with Gasteiger partial charge in [-0.25, -0.2) is 9.18 Å². The summed E-state index contributed by atoms with van der Waals surface area (Å²) in [5.41, 5.74) is 0.971. The average Bonchev–Trinajstić information content (AvgIpc) is 3.23. The van der Waals surface area contributed by atoms with Crippen molar-refractivity contribution < 1.29 is 19.1 Å². The van der Waals surface area contributed by atoms with Crippen LogP contribution in [0.4, 0.5) is 10.1 Å². The van der Waals surface area contributed by atoms with Crippen molar-refractivity contribution in [3.63, 3.8) is 0 Å². The number of benzene rings is 1. The second-order valence-electron chi connectivity index (χ2n) is 5.30. The van der Waals surface area contributed by atoms with Crippen LogP contribution in [0.1, 0.15) is 45.2 Å². The van der Waals surface area contributed by atoms with E-state index < -0.39 is 17.7 Å². The van der Waals surface area contributed by atoms with E-state index in [-0.39, 0.29) is 11.3 Å². The zero-order chi connectivity index (χ0) is 15.9. The molecule has 0 atom stereocenters. The van der Waals surface area contributed by atoms with Gasteiger partial charge in [0, 0.05) is 13.0 Å². The maximum absolute atomic E-state index is 13.8. The van der Waals surface area contributed by atoms with E-state index in [0.717, 1.165) is 36.7 Å². The van der Waals surface area contributed by atoms with Gasteiger partial charge >= 0.3 is 5.97 Å². The molecule has 0 unspecified atom stereocenters. The van der Waals surface area contributed by atoms with Crippen molar-refractivity contribution in [1.29, 1.82) is 0 Å². The van der Waals surface area contributed by atoms with Gasteiger partial charge in [-0.15, -0.1) is 0 Å². The number of anilines is 1. The number of carbonyl (C=O) groups excluding carboxylic acids is 1. The molecule has 114 valence electrons.